The highest BCUT2D eigenvalue weighted by Crippen LogP contribution is 2.69. The van der Waals surface area contributed by atoms with Crippen molar-refractivity contribution < 1.29 is 14.4 Å². The highest BCUT2D eigenvalue weighted by molar-refractivity contribution is 5.96. The summed E-state index contributed by atoms with van der Waals surface area (Å²) in [5.41, 5.74) is -0.471. The maximum atomic E-state index is 13.9. The van der Waals surface area contributed by atoms with Gasteiger partial charge < -0.3 is 20.9 Å². The van der Waals surface area contributed by atoms with E-state index >= 15 is 0 Å². The van der Waals surface area contributed by atoms with Crippen molar-refractivity contribution in [2.75, 3.05) is 13.6 Å². The van der Waals surface area contributed by atoms with E-state index in [1.807, 2.05) is 56.0 Å². The van der Waals surface area contributed by atoms with E-state index in [4.69, 9.17) is 0 Å². The van der Waals surface area contributed by atoms with Crippen molar-refractivity contribution in [3.63, 3.8) is 0 Å². The lowest BCUT2D eigenvalue weighted by Crippen LogP contribution is -2.60. The molecule has 7 heteroatoms. The first kappa shape index (κ1) is 22.8. The summed E-state index contributed by atoms with van der Waals surface area (Å²) in [7, 11) is 1.73. The van der Waals surface area contributed by atoms with Gasteiger partial charge in [0.2, 0.25) is 11.8 Å². The Morgan fingerprint density at radius 2 is 1.81 bits per heavy atom. The van der Waals surface area contributed by atoms with E-state index in [0.29, 0.717) is 18.0 Å². The first-order chi connectivity index (χ1) is 15.1. The normalized spacial score (nSPS) is 30.2. The van der Waals surface area contributed by atoms with Gasteiger partial charge in [0.15, 0.2) is 0 Å². The molecule has 2 saturated carbocycles. The zero-order valence-corrected chi connectivity index (χ0v) is 19.8. The molecular formula is C25H36N4O3. The number of rotatable bonds is 6. The number of nitrogens with one attached hydrogen (secondary N) is 3. The fraction of sp³-hybridized carbons (Fsp3) is 0.640. The summed E-state index contributed by atoms with van der Waals surface area (Å²) >= 11 is 0. The second kappa shape index (κ2) is 7.87. The number of likely N-dealkylation sites (N-methyl/N-ethyl adjacent to an activating group) is 1. The molecule has 7 nitrogen and oxygen atoms in total. The summed E-state index contributed by atoms with van der Waals surface area (Å²) in [6, 6.07) is 8.25. The first-order valence-corrected chi connectivity index (χ1v) is 11.7. The minimum Gasteiger partial charge on any atom is -0.344 e. The van der Waals surface area contributed by atoms with Crippen LogP contribution in [-0.2, 0) is 9.59 Å². The Balaban J connectivity index is 1.57. The SMILES string of the molecule is CN[C@@H](C)C(=O)N[C@H](C(=O)N1CC[C@H]2CCC3(NC(=O)c4ccccc4)CC213)C(C)(C)C. The van der Waals surface area contributed by atoms with Crippen molar-refractivity contribution >= 4 is 17.7 Å². The molecule has 0 bridgehead atoms. The van der Waals surface area contributed by atoms with Crippen molar-refractivity contribution in [2.45, 2.75) is 76.5 Å². The molecule has 2 unspecified atom stereocenters. The largest absolute Gasteiger partial charge is 0.344 e. The van der Waals surface area contributed by atoms with Crippen LogP contribution in [0.5, 0.6) is 0 Å². The summed E-state index contributed by atoms with van der Waals surface area (Å²) in [4.78, 5) is 41.5. The Morgan fingerprint density at radius 1 is 1.12 bits per heavy atom. The molecule has 1 saturated heterocycles. The number of hydrogen-bond acceptors (Lipinski definition) is 4. The number of hydrogen-bond donors (Lipinski definition) is 3. The molecular weight excluding hydrogens is 404 g/mol. The van der Waals surface area contributed by atoms with E-state index in [9.17, 15) is 14.4 Å². The Hall–Kier alpha value is -2.41. The molecule has 5 atom stereocenters. The van der Waals surface area contributed by atoms with E-state index in [0.717, 1.165) is 25.7 Å². The van der Waals surface area contributed by atoms with Gasteiger partial charge in [-0.2, -0.15) is 0 Å². The number of benzene rings is 1. The molecule has 32 heavy (non-hydrogen) atoms. The molecule has 1 spiro atoms. The number of carbonyl (C=O) groups is 3. The summed E-state index contributed by atoms with van der Waals surface area (Å²) in [5.74, 6) is 0.107. The van der Waals surface area contributed by atoms with Gasteiger partial charge in [0.1, 0.15) is 6.04 Å². The van der Waals surface area contributed by atoms with Crippen LogP contribution in [0.4, 0.5) is 0 Å². The van der Waals surface area contributed by atoms with Gasteiger partial charge in [-0.15, -0.1) is 0 Å². The third-order valence-electron chi connectivity index (χ3n) is 7.93. The highest BCUT2D eigenvalue weighted by atomic mass is 16.2. The van der Waals surface area contributed by atoms with E-state index < -0.39 is 11.5 Å². The zero-order chi connectivity index (χ0) is 23.3. The van der Waals surface area contributed by atoms with Gasteiger partial charge in [0.05, 0.1) is 17.1 Å². The van der Waals surface area contributed by atoms with Gasteiger partial charge in [0, 0.05) is 12.1 Å². The van der Waals surface area contributed by atoms with Crippen LogP contribution < -0.4 is 16.0 Å². The average Bonchev–Trinajstić information content (AvgIpc) is 3.08. The topological polar surface area (TPSA) is 90.5 Å². The van der Waals surface area contributed by atoms with Crippen molar-refractivity contribution in [1.29, 1.82) is 0 Å². The molecule has 1 heterocycles. The maximum absolute atomic E-state index is 13.9. The van der Waals surface area contributed by atoms with Crippen LogP contribution in [0.2, 0.25) is 0 Å². The minimum atomic E-state index is -0.623. The van der Waals surface area contributed by atoms with Gasteiger partial charge >= 0.3 is 0 Å². The third-order valence-corrected chi connectivity index (χ3v) is 7.93. The fourth-order valence-electron chi connectivity index (χ4n) is 5.96. The Labute approximate surface area is 190 Å². The van der Waals surface area contributed by atoms with Crippen LogP contribution in [0.1, 0.15) is 63.7 Å². The van der Waals surface area contributed by atoms with Crippen LogP contribution in [0, 0.1) is 11.3 Å². The van der Waals surface area contributed by atoms with E-state index in [1.165, 1.54) is 0 Å². The fourth-order valence-corrected chi connectivity index (χ4v) is 5.96. The van der Waals surface area contributed by atoms with E-state index in [2.05, 4.69) is 16.0 Å². The molecule has 0 radical (unpaired) electrons. The quantitative estimate of drug-likeness (QED) is 0.632. The van der Waals surface area contributed by atoms with Crippen molar-refractivity contribution in [3.8, 4) is 0 Å². The maximum Gasteiger partial charge on any atom is 0.251 e. The lowest BCUT2D eigenvalue weighted by molar-refractivity contribution is -0.141. The lowest BCUT2D eigenvalue weighted by atomic mass is 9.85. The second-order valence-electron chi connectivity index (χ2n) is 10.8. The Kier molecular flexibility index (Phi) is 5.60. The van der Waals surface area contributed by atoms with Gasteiger partial charge in [-0.3, -0.25) is 14.4 Å². The second-order valence-corrected chi connectivity index (χ2v) is 10.8. The Bertz CT molecular complexity index is 912. The van der Waals surface area contributed by atoms with Crippen molar-refractivity contribution in [2.24, 2.45) is 11.3 Å². The summed E-state index contributed by atoms with van der Waals surface area (Å²) in [6.07, 6.45) is 3.66. The molecule has 0 aromatic heterocycles. The highest BCUT2D eigenvalue weighted by Gasteiger charge is 2.80. The predicted octanol–water partition coefficient (Wildman–Crippen LogP) is 2.08. The van der Waals surface area contributed by atoms with E-state index in [-0.39, 0.29) is 34.8 Å². The molecule has 174 valence electrons. The standard InChI is InChI=1S/C25H36N4O3/c1-16(26-5)20(30)27-19(23(2,3)4)22(32)29-14-12-18-11-13-24(15-25(18,24)29)28-21(31)17-9-7-6-8-10-17/h6-10,16,18-19,26H,11-15H2,1-5H3,(H,27,30)(H,28,31)/t16-,18+,19+,24?,25?/m0/s1. The van der Waals surface area contributed by atoms with Gasteiger partial charge in [0.25, 0.3) is 5.91 Å². The molecule has 1 aliphatic heterocycles. The molecule has 2 aliphatic carbocycles. The number of likely N-dealkylation sites (tertiary alicyclic amines) is 1. The molecule has 1 aromatic carbocycles. The lowest BCUT2D eigenvalue weighted by Gasteiger charge is -2.38. The number of amides is 3. The molecule has 1 aromatic rings. The van der Waals surface area contributed by atoms with Crippen LogP contribution in [0.15, 0.2) is 30.3 Å². The number of nitrogens with zero attached hydrogens (tertiary/aromatic N) is 1. The van der Waals surface area contributed by atoms with Gasteiger partial charge in [-0.25, -0.2) is 0 Å². The van der Waals surface area contributed by atoms with E-state index in [1.54, 1.807) is 14.0 Å². The van der Waals surface area contributed by atoms with Crippen molar-refractivity contribution in [1.82, 2.24) is 20.9 Å². The van der Waals surface area contributed by atoms with Crippen LogP contribution >= 0.6 is 0 Å². The molecule has 3 fully saturated rings. The first-order valence-electron chi connectivity index (χ1n) is 11.7. The molecule has 3 aliphatic rings. The van der Waals surface area contributed by atoms with Crippen molar-refractivity contribution in [3.05, 3.63) is 35.9 Å². The average molecular weight is 441 g/mol. The summed E-state index contributed by atoms with van der Waals surface area (Å²) < 4.78 is 0. The van der Waals surface area contributed by atoms with Gasteiger partial charge in [-0.05, 0) is 63.1 Å². The smallest absolute Gasteiger partial charge is 0.251 e. The third kappa shape index (κ3) is 3.51. The monoisotopic (exact) mass is 440 g/mol. The molecule has 4 rings (SSSR count). The predicted molar refractivity (Wildman–Crippen MR) is 123 cm³/mol. The molecule has 3 amide bonds. The summed E-state index contributed by atoms with van der Waals surface area (Å²) in [6.45, 7) is 8.41. The summed E-state index contributed by atoms with van der Waals surface area (Å²) in [5, 5.41) is 9.25. The number of carbonyl (C=O) groups excluding carboxylic acids is 3. The van der Waals surface area contributed by atoms with Crippen LogP contribution in [-0.4, -0.2) is 59.4 Å². The van der Waals surface area contributed by atoms with Crippen LogP contribution in [0.25, 0.3) is 0 Å². The Morgan fingerprint density at radius 3 is 2.44 bits per heavy atom. The zero-order valence-electron chi connectivity index (χ0n) is 19.8. The minimum absolute atomic E-state index is 0.0330. The van der Waals surface area contributed by atoms with Gasteiger partial charge in [-0.1, -0.05) is 39.0 Å². The van der Waals surface area contributed by atoms with Crippen LogP contribution in [0.3, 0.4) is 0 Å². The molecule has 3 N–H and O–H groups in total.